The van der Waals surface area contributed by atoms with Gasteiger partial charge in [-0.1, -0.05) is 42.5 Å². The van der Waals surface area contributed by atoms with Crippen molar-refractivity contribution < 1.29 is 0 Å². The lowest BCUT2D eigenvalue weighted by Crippen LogP contribution is -1.65. The van der Waals surface area contributed by atoms with E-state index in [1.54, 1.807) is 0 Å². The van der Waals surface area contributed by atoms with Crippen molar-refractivity contribution >= 4 is 0 Å². The zero-order chi connectivity index (χ0) is 7.07. The van der Waals surface area contributed by atoms with E-state index >= 15 is 0 Å². The van der Waals surface area contributed by atoms with Crippen LogP contribution in [0.5, 0.6) is 0 Å². The quantitative estimate of drug-likeness (QED) is 0.474. The van der Waals surface area contributed by atoms with E-state index in [0.29, 0.717) is 0 Å². The fourth-order valence-electron chi connectivity index (χ4n) is 0.749. The second kappa shape index (κ2) is 4.80. The molecule has 0 unspecified atom stereocenters. The molecule has 10 heavy (non-hydrogen) atoms. The topological polar surface area (TPSA) is 0 Å². The van der Waals surface area contributed by atoms with Gasteiger partial charge in [0.15, 0.2) is 0 Å². The average molecular weight is 131 g/mol. The molecule has 0 aromatic heterocycles. The van der Waals surface area contributed by atoms with Crippen LogP contribution in [0, 0.1) is 6.08 Å². The Bertz CT molecular complexity index is 158. The highest BCUT2D eigenvalue weighted by Crippen LogP contribution is 1.95. The molecular formula is C10H11. The second-order valence-electron chi connectivity index (χ2n) is 2.13. The Morgan fingerprint density at radius 2 is 1.80 bits per heavy atom. The van der Waals surface area contributed by atoms with Gasteiger partial charge in [-0.15, -0.1) is 0 Å². The van der Waals surface area contributed by atoms with E-state index in [2.05, 4.69) is 24.3 Å². The maximum Gasteiger partial charge on any atom is -0.0187 e. The van der Waals surface area contributed by atoms with Crippen LogP contribution in [0.25, 0.3) is 0 Å². The number of hydrogen-bond acceptors (Lipinski definition) is 0. The molecule has 1 aliphatic rings. The van der Waals surface area contributed by atoms with Gasteiger partial charge in [0.25, 0.3) is 0 Å². The molecular weight excluding hydrogens is 120 g/mol. The summed E-state index contributed by atoms with van der Waals surface area (Å²) in [5.41, 5.74) is 0. The summed E-state index contributed by atoms with van der Waals surface area (Å²) in [4.78, 5) is 0. The molecule has 0 heterocycles. The van der Waals surface area contributed by atoms with Gasteiger partial charge in [-0.25, -0.2) is 0 Å². The SMILES string of the molecule is [C]1=C\C=C\C=C/CC\C=C/1. The van der Waals surface area contributed by atoms with Crippen LogP contribution < -0.4 is 0 Å². The van der Waals surface area contributed by atoms with Gasteiger partial charge in [0.1, 0.15) is 0 Å². The molecule has 0 fully saturated rings. The minimum absolute atomic E-state index is 1.12. The summed E-state index contributed by atoms with van der Waals surface area (Å²) in [5, 5.41) is 0. The molecule has 0 spiro atoms. The molecule has 0 aliphatic heterocycles. The minimum atomic E-state index is 1.12. The Morgan fingerprint density at radius 1 is 0.900 bits per heavy atom. The summed E-state index contributed by atoms with van der Waals surface area (Å²) in [7, 11) is 0. The van der Waals surface area contributed by atoms with Crippen molar-refractivity contribution in [3.05, 3.63) is 48.6 Å². The first-order chi connectivity index (χ1) is 5.00. The van der Waals surface area contributed by atoms with E-state index < -0.39 is 0 Å². The predicted octanol–water partition coefficient (Wildman–Crippen LogP) is 2.81. The first-order valence-electron chi connectivity index (χ1n) is 3.56. The molecule has 1 aliphatic carbocycles. The maximum atomic E-state index is 3.03. The lowest BCUT2D eigenvalue weighted by Gasteiger charge is -1.85. The average Bonchev–Trinajstić information content (AvgIpc) is 2.01. The summed E-state index contributed by atoms with van der Waals surface area (Å²) in [5.74, 6) is 0. The van der Waals surface area contributed by atoms with Crippen LogP contribution in [0.1, 0.15) is 12.8 Å². The van der Waals surface area contributed by atoms with E-state index in [-0.39, 0.29) is 0 Å². The monoisotopic (exact) mass is 131 g/mol. The van der Waals surface area contributed by atoms with Crippen LogP contribution in [0.15, 0.2) is 42.5 Å². The van der Waals surface area contributed by atoms with Crippen LogP contribution in [0.3, 0.4) is 0 Å². The van der Waals surface area contributed by atoms with Gasteiger partial charge in [-0.3, -0.25) is 0 Å². The van der Waals surface area contributed by atoms with E-state index in [1.807, 2.05) is 24.3 Å². The Balaban J connectivity index is 2.53. The normalized spacial score (nSPS) is 30.4. The molecule has 1 rings (SSSR count). The van der Waals surface area contributed by atoms with Gasteiger partial charge in [-0.05, 0) is 18.9 Å². The Morgan fingerprint density at radius 3 is 2.80 bits per heavy atom. The smallest absolute Gasteiger partial charge is 0.0187 e. The van der Waals surface area contributed by atoms with Gasteiger partial charge in [0, 0.05) is 0 Å². The van der Waals surface area contributed by atoms with Gasteiger partial charge < -0.3 is 0 Å². The van der Waals surface area contributed by atoms with Crippen molar-refractivity contribution in [2.45, 2.75) is 12.8 Å². The van der Waals surface area contributed by atoms with E-state index in [1.165, 1.54) is 0 Å². The Hall–Kier alpha value is -1.04. The van der Waals surface area contributed by atoms with Gasteiger partial charge in [0.05, 0.1) is 0 Å². The molecule has 0 heteroatoms. The highest BCUT2D eigenvalue weighted by Gasteiger charge is 1.75. The van der Waals surface area contributed by atoms with Crippen LogP contribution in [-0.2, 0) is 0 Å². The molecule has 0 saturated carbocycles. The van der Waals surface area contributed by atoms with Crippen LogP contribution >= 0.6 is 0 Å². The Kier molecular flexibility index (Phi) is 3.40. The van der Waals surface area contributed by atoms with Gasteiger partial charge in [0.2, 0.25) is 0 Å². The lowest BCUT2D eigenvalue weighted by atomic mass is 10.2. The van der Waals surface area contributed by atoms with E-state index in [4.69, 9.17) is 0 Å². The first-order valence-corrected chi connectivity index (χ1v) is 3.56. The van der Waals surface area contributed by atoms with E-state index in [9.17, 15) is 0 Å². The lowest BCUT2D eigenvalue weighted by molar-refractivity contribution is 1.05. The molecule has 1 radical (unpaired) electrons. The number of allylic oxidation sites excluding steroid dienone is 8. The summed E-state index contributed by atoms with van der Waals surface area (Å²) < 4.78 is 0. The fourth-order valence-corrected chi connectivity index (χ4v) is 0.749. The molecule has 0 amide bonds. The van der Waals surface area contributed by atoms with Crippen molar-refractivity contribution in [3.63, 3.8) is 0 Å². The molecule has 0 aromatic rings. The molecule has 0 nitrogen and oxygen atoms in total. The molecule has 0 N–H and O–H groups in total. The predicted molar refractivity (Wildman–Crippen MR) is 44.5 cm³/mol. The van der Waals surface area contributed by atoms with Crippen LogP contribution in [0.2, 0.25) is 0 Å². The minimum Gasteiger partial charge on any atom is -0.0842 e. The molecule has 0 atom stereocenters. The summed E-state index contributed by atoms with van der Waals surface area (Å²) in [6.07, 6.45) is 19.5. The molecule has 0 saturated heterocycles. The highest BCUT2D eigenvalue weighted by atomic mass is 13.8. The maximum absolute atomic E-state index is 3.03. The third-order valence-electron chi connectivity index (χ3n) is 1.26. The molecule has 0 aromatic carbocycles. The van der Waals surface area contributed by atoms with Crippen molar-refractivity contribution in [1.29, 1.82) is 0 Å². The Labute approximate surface area is 62.3 Å². The second-order valence-corrected chi connectivity index (χ2v) is 2.13. The van der Waals surface area contributed by atoms with Gasteiger partial charge in [-0.2, -0.15) is 0 Å². The summed E-state index contributed by atoms with van der Waals surface area (Å²) in [6.45, 7) is 0. The molecule has 51 valence electrons. The largest absolute Gasteiger partial charge is 0.0842 e. The third kappa shape index (κ3) is 3.08. The summed E-state index contributed by atoms with van der Waals surface area (Å²) >= 11 is 0. The van der Waals surface area contributed by atoms with Crippen molar-refractivity contribution in [2.24, 2.45) is 0 Å². The first kappa shape index (κ1) is 7.07. The van der Waals surface area contributed by atoms with Gasteiger partial charge >= 0.3 is 0 Å². The fraction of sp³-hybridized carbons (Fsp3) is 0.200. The standard InChI is InChI=1S/C10H11/c1-2-4-6-8-10-9-7-5-3-1/h1-5,9-10H,6,8H2/b3-1+,4-2-,7-5?,10-9-. The number of hydrogen-bond donors (Lipinski definition) is 0. The zero-order valence-corrected chi connectivity index (χ0v) is 5.96. The zero-order valence-electron chi connectivity index (χ0n) is 5.96. The van der Waals surface area contributed by atoms with Crippen molar-refractivity contribution in [3.8, 4) is 0 Å². The van der Waals surface area contributed by atoms with Crippen LogP contribution in [0.4, 0.5) is 0 Å². The van der Waals surface area contributed by atoms with Crippen molar-refractivity contribution in [2.75, 3.05) is 0 Å². The summed E-state index contributed by atoms with van der Waals surface area (Å²) in [6, 6.07) is 0. The molecule has 0 bridgehead atoms. The van der Waals surface area contributed by atoms with E-state index in [0.717, 1.165) is 12.8 Å². The van der Waals surface area contributed by atoms with Crippen LogP contribution in [-0.4, -0.2) is 0 Å². The van der Waals surface area contributed by atoms with Crippen molar-refractivity contribution in [1.82, 2.24) is 0 Å². The number of rotatable bonds is 0. The third-order valence-corrected chi connectivity index (χ3v) is 1.26. The highest BCUT2D eigenvalue weighted by molar-refractivity contribution is 5.13.